The number of nitro groups is 1. The number of aryl methyl sites for hydroxylation is 2. The minimum Gasteiger partial charge on any atom is -0.481 e. The fraction of sp³-hybridized carbons (Fsp3) is 0.500. The maximum absolute atomic E-state index is 12.7. The van der Waals surface area contributed by atoms with E-state index in [0.29, 0.717) is 36.2 Å². The number of hydrogen-bond acceptors (Lipinski definition) is 4. The number of carboxylic acids is 1. The van der Waals surface area contributed by atoms with Gasteiger partial charge < -0.3 is 10.0 Å². The maximum atomic E-state index is 12.7. The van der Waals surface area contributed by atoms with Gasteiger partial charge in [-0.2, -0.15) is 0 Å². The molecule has 1 saturated heterocycles. The summed E-state index contributed by atoms with van der Waals surface area (Å²) in [5.41, 5.74) is 1.43. The number of benzene rings is 1. The van der Waals surface area contributed by atoms with E-state index in [1.165, 1.54) is 6.07 Å². The van der Waals surface area contributed by atoms with Gasteiger partial charge >= 0.3 is 5.97 Å². The molecule has 1 N–H and O–H groups in total. The van der Waals surface area contributed by atoms with Gasteiger partial charge in [-0.05, 0) is 37.8 Å². The molecule has 1 aliphatic heterocycles. The number of nitro benzene ring substituents is 1. The summed E-state index contributed by atoms with van der Waals surface area (Å²) >= 11 is 0. The Labute approximate surface area is 134 Å². The van der Waals surface area contributed by atoms with Gasteiger partial charge in [0.15, 0.2) is 0 Å². The van der Waals surface area contributed by atoms with E-state index in [0.717, 1.165) is 0 Å². The summed E-state index contributed by atoms with van der Waals surface area (Å²) < 4.78 is 0. The fourth-order valence-corrected chi connectivity index (χ4v) is 3.14. The first-order chi connectivity index (χ1) is 10.7. The van der Waals surface area contributed by atoms with Crippen molar-refractivity contribution in [3.8, 4) is 0 Å². The zero-order chi connectivity index (χ0) is 17.3. The first-order valence-corrected chi connectivity index (χ1v) is 7.50. The second-order valence-corrected chi connectivity index (χ2v) is 6.17. The van der Waals surface area contributed by atoms with Crippen LogP contribution in [0.2, 0.25) is 0 Å². The van der Waals surface area contributed by atoms with Gasteiger partial charge in [0.25, 0.3) is 11.6 Å². The number of likely N-dealkylation sites (tertiary alicyclic amines) is 1. The van der Waals surface area contributed by atoms with E-state index in [2.05, 4.69) is 0 Å². The lowest BCUT2D eigenvalue weighted by Crippen LogP contribution is -2.45. The van der Waals surface area contributed by atoms with Crippen LogP contribution in [0.4, 0.5) is 5.69 Å². The molecule has 7 heteroatoms. The summed E-state index contributed by atoms with van der Waals surface area (Å²) in [6.45, 7) is 5.89. The van der Waals surface area contributed by atoms with Crippen molar-refractivity contribution < 1.29 is 19.6 Å². The third kappa shape index (κ3) is 3.33. The SMILES string of the molecule is Cc1cc(C)c([N+](=O)[O-])cc1C(=O)N1CCC(C(=O)O)C(C)C1. The van der Waals surface area contributed by atoms with Gasteiger partial charge in [-0.25, -0.2) is 0 Å². The van der Waals surface area contributed by atoms with E-state index in [1.807, 2.05) is 6.92 Å². The summed E-state index contributed by atoms with van der Waals surface area (Å²) in [6, 6.07) is 2.96. The lowest BCUT2D eigenvalue weighted by Gasteiger charge is -2.35. The largest absolute Gasteiger partial charge is 0.481 e. The summed E-state index contributed by atoms with van der Waals surface area (Å²) in [6.07, 6.45) is 0.398. The minimum absolute atomic E-state index is 0.0765. The first kappa shape index (κ1) is 16.9. The van der Waals surface area contributed by atoms with Crippen molar-refractivity contribution in [2.45, 2.75) is 27.2 Å². The lowest BCUT2D eigenvalue weighted by atomic mass is 9.86. The van der Waals surface area contributed by atoms with Crippen molar-refractivity contribution in [3.63, 3.8) is 0 Å². The van der Waals surface area contributed by atoms with Crippen LogP contribution >= 0.6 is 0 Å². The number of carbonyl (C=O) groups excluding carboxylic acids is 1. The van der Waals surface area contributed by atoms with Crippen LogP contribution in [0.15, 0.2) is 12.1 Å². The number of carboxylic acid groups (broad SMARTS) is 1. The van der Waals surface area contributed by atoms with E-state index in [1.54, 1.807) is 24.8 Å². The Morgan fingerprint density at radius 1 is 1.30 bits per heavy atom. The van der Waals surface area contributed by atoms with Gasteiger partial charge in [-0.1, -0.05) is 6.92 Å². The molecule has 1 aromatic carbocycles. The standard InChI is InChI=1S/C16H20N2O5/c1-9-6-10(2)14(18(22)23)7-13(9)15(19)17-5-4-12(16(20)21)11(3)8-17/h6-7,11-12H,4-5,8H2,1-3H3,(H,20,21). The molecule has 0 spiro atoms. The Balaban J connectivity index is 2.26. The highest BCUT2D eigenvalue weighted by atomic mass is 16.6. The number of carbonyl (C=O) groups is 2. The monoisotopic (exact) mass is 320 g/mol. The number of nitrogens with zero attached hydrogens (tertiary/aromatic N) is 2. The Bertz CT molecular complexity index is 671. The third-order valence-corrected chi connectivity index (χ3v) is 4.48. The number of aliphatic carboxylic acids is 1. The number of piperidine rings is 1. The first-order valence-electron chi connectivity index (χ1n) is 7.50. The Morgan fingerprint density at radius 2 is 1.96 bits per heavy atom. The molecule has 1 aromatic rings. The highest BCUT2D eigenvalue weighted by Gasteiger charge is 2.34. The molecule has 0 aromatic heterocycles. The van der Waals surface area contributed by atoms with E-state index in [4.69, 9.17) is 5.11 Å². The van der Waals surface area contributed by atoms with Crippen molar-refractivity contribution in [1.82, 2.24) is 4.90 Å². The van der Waals surface area contributed by atoms with E-state index < -0.39 is 16.8 Å². The molecule has 2 unspecified atom stereocenters. The van der Waals surface area contributed by atoms with Crippen LogP contribution in [0.5, 0.6) is 0 Å². The van der Waals surface area contributed by atoms with Crippen LogP contribution in [0, 0.1) is 35.8 Å². The normalized spacial score (nSPS) is 21.1. The van der Waals surface area contributed by atoms with Crippen LogP contribution in [-0.4, -0.2) is 39.9 Å². The lowest BCUT2D eigenvalue weighted by molar-refractivity contribution is -0.385. The van der Waals surface area contributed by atoms with Gasteiger partial charge in [0.1, 0.15) is 0 Å². The van der Waals surface area contributed by atoms with Crippen molar-refractivity contribution in [3.05, 3.63) is 38.9 Å². The fourth-order valence-electron chi connectivity index (χ4n) is 3.14. The second-order valence-electron chi connectivity index (χ2n) is 6.17. The van der Waals surface area contributed by atoms with Gasteiger partial charge in [-0.3, -0.25) is 19.7 Å². The molecule has 1 amide bonds. The molecule has 1 fully saturated rings. The Kier molecular flexibility index (Phi) is 4.68. The molecular formula is C16H20N2O5. The molecule has 0 bridgehead atoms. The van der Waals surface area contributed by atoms with E-state index in [9.17, 15) is 19.7 Å². The van der Waals surface area contributed by atoms with Crippen molar-refractivity contribution in [1.29, 1.82) is 0 Å². The van der Waals surface area contributed by atoms with Gasteiger partial charge in [-0.15, -0.1) is 0 Å². The summed E-state index contributed by atoms with van der Waals surface area (Å²) in [5, 5.41) is 20.2. The van der Waals surface area contributed by atoms with Gasteiger partial charge in [0.2, 0.25) is 0 Å². The maximum Gasteiger partial charge on any atom is 0.306 e. The summed E-state index contributed by atoms with van der Waals surface area (Å²) in [4.78, 5) is 36.0. The van der Waals surface area contributed by atoms with Crippen molar-refractivity contribution in [2.24, 2.45) is 11.8 Å². The summed E-state index contributed by atoms with van der Waals surface area (Å²) in [5.74, 6) is -1.72. The van der Waals surface area contributed by atoms with Crippen molar-refractivity contribution in [2.75, 3.05) is 13.1 Å². The highest BCUT2D eigenvalue weighted by molar-refractivity contribution is 5.96. The van der Waals surface area contributed by atoms with Crippen LogP contribution in [-0.2, 0) is 4.79 Å². The van der Waals surface area contributed by atoms with Crippen LogP contribution < -0.4 is 0 Å². The number of hydrogen-bond donors (Lipinski definition) is 1. The van der Waals surface area contributed by atoms with Crippen molar-refractivity contribution >= 4 is 17.6 Å². The predicted octanol–water partition coefficient (Wildman–Crippen LogP) is 2.39. The molecule has 2 rings (SSSR count). The molecule has 23 heavy (non-hydrogen) atoms. The zero-order valence-electron chi connectivity index (χ0n) is 13.4. The van der Waals surface area contributed by atoms with E-state index in [-0.39, 0.29) is 17.5 Å². The Morgan fingerprint density at radius 3 is 2.48 bits per heavy atom. The summed E-state index contributed by atoms with van der Waals surface area (Å²) in [7, 11) is 0. The molecule has 2 atom stereocenters. The average Bonchev–Trinajstić information content (AvgIpc) is 2.45. The molecule has 0 saturated carbocycles. The molecule has 1 aliphatic rings. The second kappa shape index (κ2) is 6.36. The quantitative estimate of drug-likeness (QED) is 0.680. The third-order valence-electron chi connectivity index (χ3n) is 4.48. The van der Waals surface area contributed by atoms with E-state index >= 15 is 0 Å². The molecule has 1 heterocycles. The average molecular weight is 320 g/mol. The molecule has 7 nitrogen and oxygen atoms in total. The topological polar surface area (TPSA) is 101 Å². The number of amides is 1. The zero-order valence-corrected chi connectivity index (χ0v) is 13.4. The number of rotatable bonds is 3. The van der Waals surface area contributed by atoms with Crippen LogP contribution in [0.1, 0.15) is 34.8 Å². The minimum atomic E-state index is -0.841. The predicted molar refractivity (Wildman–Crippen MR) is 83.4 cm³/mol. The molecule has 124 valence electrons. The molecular weight excluding hydrogens is 300 g/mol. The smallest absolute Gasteiger partial charge is 0.306 e. The van der Waals surface area contributed by atoms with Gasteiger partial charge in [0.05, 0.1) is 10.8 Å². The van der Waals surface area contributed by atoms with Crippen LogP contribution in [0.25, 0.3) is 0 Å². The Hall–Kier alpha value is -2.44. The van der Waals surface area contributed by atoms with Crippen LogP contribution in [0.3, 0.4) is 0 Å². The highest BCUT2D eigenvalue weighted by Crippen LogP contribution is 2.28. The molecule has 0 aliphatic carbocycles. The molecule has 0 radical (unpaired) electrons. The van der Waals surface area contributed by atoms with Gasteiger partial charge in [0, 0.05) is 30.3 Å².